The molecule has 0 atom stereocenters. The van der Waals surface area contributed by atoms with E-state index in [0.717, 1.165) is 35.7 Å². The van der Waals surface area contributed by atoms with Crippen molar-refractivity contribution in [2.75, 3.05) is 12.9 Å². The molecule has 3 nitrogen and oxygen atoms in total. The van der Waals surface area contributed by atoms with Gasteiger partial charge >= 0.3 is 5.97 Å². The van der Waals surface area contributed by atoms with Crippen molar-refractivity contribution in [1.82, 2.24) is 0 Å². The van der Waals surface area contributed by atoms with Crippen LogP contribution in [0.2, 0.25) is 0 Å². The van der Waals surface area contributed by atoms with E-state index in [4.69, 9.17) is 9.84 Å². The monoisotopic (exact) mass is 258 g/mol. The van der Waals surface area contributed by atoms with Crippen molar-refractivity contribution in [3.63, 3.8) is 0 Å². The van der Waals surface area contributed by atoms with Gasteiger partial charge in [-0.2, -0.15) is 0 Å². The Hall–Kier alpha value is -0.900. The van der Waals surface area contributed by atoms with E-state index >= 15 is 0 Å². The summed E-state index contributed by atoms with van der Waals surface area (Å²) >= 11 is 1.73. The van der Waals surface area contributed by atoms with E-state index in [1.54, 1.807) is 18.9 Å². The van der Waals surface area contributed by atoms with Crippen LogP contribution in [0.3, 0.4) is 0 Å². The van der Waals surface area contributed by atoms with Crippen LogP contribution in [0.1, 0.15) is 39.5 Å². The standard InChI is InChI=1S/C13H22O3S/c1-4-8-12(11(5-2)16-3)17-10-7-6-9-13(14)15/h4,8H,5-7,9-10H2,1-3H3,(H,14,15)/b8-4-,12-11-. The second-order valence-electron chi connectivity index (χ2n) is 3.54. The Balaban J connectivity index is 4.10. The summed E-state index contributed by atoms with van der Waals surface area (Å²) < 4.78 is 5.32. The van der Waals surface area contributed by atoms with E-state index in [1.165, 1.54) is 0 Å². The zero-order valence-corrected chi connectivity index (χ0v) is 11.7. The number of unbranched alkanes of at least 4 members (excludes halogenated alkanes) is 1. The lowest BCUT2D eigenvalue weighted by Crippen LogP contribution is -1.95. The van der Waals surface area contributed by atoms with Crippen molar-refractivity contribution in [1.29, 1.82) is 0 Å². The minimum atomic E-state index is -0.717. The summed E-state index contributed by atoms with van der Waals surface area (Å²) in [5.41, 5.74) is 0. The molecule has 4 heteroatoms. The molecule has 0 saturated carbocycles. The van der Waals surface area contributed by atoms with E-state index in [-0.39, 0.29) is 6.42 Å². The van der Waals surface area contributed by atoms with Gasteiger partial charge in [0.15, 0.2) is 0 Å². The number of hydrogen-bond acceptors (Lipinski definition) is 3. The second kappa shape index (κ2) is 10.3. The largest absolute Gasteiger partial charge is 0.500 e. The number of rotatable bonds is 9. The quantitative estimate of drug-likeness (QED) is 0.388. The summed E-state index contributed by atoms with van der Waals surface area (Å²) in [7, 11) is 1.69. The van der Waals surface area contributed by atoms with E-state index < -0.39 is 5.97 Å². The maximum atomic E-state index is 10.4. The lowest BCUT2D eigenvalue weighted by Gasteiger charge is -2.09. The first kappa shape index (κ1) is 16.1. The molecule has 0 fully saturated rings. The van der Waals surface area contributed by atoms with Crippen LogP contribution >= 0.6 is 11.8 Å². The molecule has 0 unspecified atom stereocenters. The van der Waals surface area contributed by atoms with Crippen molar-refractivity contribution >= 4 is 17.7 Å². The Kier molecular flexibility index (Phi) is 9.72. The Morgan fingerprint density at radius 1 is 1.41 bits per heavy atom. The third-order valence-corrected chi connectivity index (χ3v) is 3.37. The van der Waals surface area contributed by atoms with Crippen molar-refractivity contribution in [2.24, 2.45) is 0 Å². The molecule has 0 radical (unpaired) electrons. The van der Waals surface area contributed by atoms with Crippen LogP contribution in [0.5, 0.6) is 0 Å². The average molecular weight is 258 g/mol. The Bertz CT molecular complexity index is 276. The SMILES string of the molecule is C/C=C\C(SCCCCC(=O)O)=C(/CC)OC. The zero-order valence-electron chi connectivity index (χ0n) is 10.9. The van der Waals surface area contributed by atoms with Crippen LogP contribution in [0.15, 0.2) is 22.8 Å². The van der Waals surface area contributed by atoms with Gasteiger partial charge in [-0.05, 0) is 31.6 Å². The predicted molar refractivity (Wildman–Crippen MR) is 73.1 cm³/mol. The molecule has 0 bridgehead atoms. The third kappa shape index (κ3) is 7.91. The summed E-state index contributed by atoms with van der Waals surface area (Å²) in [6, 6.07) is 0. The van der Waals surface area contributed by atoms with Crippen LogP contribution < -0.4 is 0 Å². The van der Waals surface area contributed by atoms with Gasteiger partial charge in [-0.1, -0.05) is 13.0 Å². The molecule has 0 heterocycles. The number of carboxylic acid groups (broad SMARTS) is 1. The Morgan fingerprint density at radius 2 is 2.12 bits per heavy atom. The highest BCUT2D eigenvalue weighted by Gasteiger charge is 2.04. The van der Waals surface area contributed by atoms with Gasteiger partial charge in [0.1, 0.15) is 5.76 Å². The zero-order chi connectivity index (χ0) is 13.1. The maximum absolute atomic E-state index is 10.4. The molecule has 0 aromatic rings. The van der Waals surface area contributed by atoms with Gasteiger partial charge in [-0.15, -0.1) is 11.8 Å². The molecule has 0 spiro atoms. The molecule has 0 aliphatic carbocycles. The fourth-order valence-corrected chi connectivity index (χ4v) is 2.54. The first-order valence-corrected chi connectivity index (χ1v) is 6.88. The molecule has 0 saturated heterocycles. The summed E-state index contributed by atoms with van der Waals surface area (Å²) in [6.07, 6.45) is 6.82. The van der Waals surface area contributed by atoms with Crippen molar-refractivity contribution in [2.45, 2.75) is 39.5 Å². The normalized spacial score (nSPS) is 12.6. The van der Waals surface area contributed by atoms with Gasteiger partial charge in [0.2, 0.25) is 0 Å². The summed E-state index contributed by atoms with van der Waals surface area (Å²) in [6.45, 7) is 4.04. The van der Waals surface area contributed by atoms with E-state index in [1.807, 2.05) is 19.1 Å². The number of ether oxygens (including phenoxy) is 1. The van der Waals surface area contributed by atoms with Gasteiger partial charge in [0.25, 0.3) is 0 Å². The van der Waals surface area contributed by atoms with Crippen LogP contribution in [-0.4, -0.2) is 23.9 Å². The number of carbonyl (C=O) groups is 1. The Labute approximate surface area is 108 Å². The summed E-state index contributed by atoms with van der Waals surface area (Å²) in [5.74, 6) is 1.21. The fraction of sp³-hybridized carbons (Fsp3) is 0.615. The lowest BCUT2D eigenvalue weighted by atomic mass is 10.2. The molecule has 17 heavy (non-hydrogen) atoms. The molecule has 98 valence electrons. The second-order valence-corrected chi connectivity index (χ2v) is 4.68. The average Bonchev–Trinajstić information content (AvgIpc) is 2.29. The lowest BCUT2D eigenvalue weighted by molar-refractivity contribution is -0.137. The topological polar surface area (TPSA) is 46.5 Å². The first-order chi connectivity index (χ1) is 8.15. The van der Waals surface area contributed by atoms with Gasteiger partial charge < -0.3 is 9.84 Å². The van der Waals surface area contributed by atoms with E-state index in [9.17, 15) is 4.79 Å². The van der Waals surface area contributed by atoms with Crippen molar-refractivity contribution in [3.05, 3.63) is 22.8 Å². The van der Waals surface area contributed by atoms with Gasteiger partial charge in [0.05, 0.1) is 7.11 Å². The number of hydrogen-bond donors (Lipinski definition) is 1. The number of allylic oxidation sites excluding steroid dienone is 3. The smallest absolute Gasteiger partial charge is 0.303 e. The van der Waals surface area contributed by atoms with E-state index in [2.05, 4.69) is 6.92 Å². The molecule has 0 aromatic heterocycles. The molecule has 0 aliphatic rings. The number of methoxy groups -OCH3 is 1. The highest BCUT2D eigenvalue weighted by Crippen LogP contribution is 2.25. The highest BCUT2D eigenvalue weighted by atomic mass is 32.2. The minimum Gasteiger partial charge on any atom is -0.500 e. The summed E-state index contributed by atoms with van der Waals surface area (Å²) in [5, 5.41) is 8.52. The third-order valence-electron chi connectivity index (χ3n) is 2.20. The number of thioether (sulfide) groups is 1. The molecule has 0 amide bonds. The van der Waals surface area contributed by atoms with E-state index in [0.29, 0.717) is 0 Å². The van der Waals surface area contributed by atoms with Crippen molar-refractivity contribution in [3.8, 4) is 0 Å². The van der Waals surface area contributed by atoms with Crippen LogP contribution in [-0.2, 0) is 9.53 Å². The van der Waals surface area contributed by atoms with Gasteiger partial charge in [-0.25, -0.2) is 0 Å². The van der Waals surface area contributed by atoms with Crippen LogP contribution in [0.25, 0.3) is 0 Å². The Morgan fingerprint density at radius 3 is 2.59 bits per heavy atom. The molecule has 0 aliphatic heterocycles. The minimum absolute atomic E-state index is 0.258. The van der Waals surface area contributed by atoms with Crippen LogP contribution in [0, 0.1) is 0 Å². The molecule has 0 rings (SSSR count). The maximum Gasteiger partial charge on any atom is 0.303 e. The van der Waals surface area contributed by atoms with Gasteiger partial charge in [0, 0.05) is 17.7 Å². The summed E-state index contributed by atoms with van der Waals surface area (Å²) in [4.78, 5) is 11.5. The predicted octanol–water partition coefficient (Wildman–Crippen LogP) is 3.82. The highest BCUT2D eigenvalue weighted by molar-refractivity contribution is 8.03. The molecular formula is C13H22O3S. The molecule has 1 N–H and O–H groups in total. The van der Waals surface area contributed by atoms with Gasteiger partial charge in [-0.3, -0.25) is 4.79 Å². The van der Waals surface area contributed by atoms with Crippen molar-refractivity contribution < 1.29 is 14.6 Å². The number of carboxylic acids is 1. The molecule has 0 aromatic carbocycles. The fourth-order valence-electron chi connectivity index (χ4n) is 1.35. The number of aliphatic carboxylic acids is 1. The van der Waals surface area contributed by atoms with Crippen LogP contribution in [0.4, 0.5) is 0 Å². The molecular weight excluding hydrogens is 236 g/mol. The first-order valence-electron chi connectivity index (χ1n) is 5.90.